The highest BCUT2D eigenvalue weighted by Crippen LogP contribution is 2.36. The molecule has 150 valence electrons. The Bertz CT molecular complexity index is 791. The number of rotatable bonds is 11. The van der Waals surface area contributed by atoms with Crippen molar-refractivity contribution in [2.45, 2.75) is 32.8 Å². The third kappa shape index (κ3) is 5.84. The van der Waals surface area contributed by atoms with E-state index in [0.29, 0.717) is 24.5 Å². The Morgan fingerprint density at radius 1 is 1.36 bits per heavy atom. The zero-order chi connectivity index (χ0) is 20.5. The number of likely N-dealkylation sites (N-methyl/N-ethyl adjacent to an activating group) is 1. The van der Waals surface area contributed by atoms with Crippen LogP contribution in [0.1, 0.15) is 26.7 Å². The zero-order valence-corrected chi connectivity index (χ0v) is 17.0. The molecule has 0 bridgehead atoms. The first-order valence-electron chi connectivity index (χ1n) is 9.56. The lowest BCUT2D eigenvalue weighted by Gasteiger charge is -2.25. The molecule has 0 aromatic carbocycles. The molecule has 0 saturated heterocycles. The van der Waals surface area contributed by atoms with Crippen molar-refractivity contribution in [1.82, 2.24) is 4.98 Å². The van der Waals surface area contributed by atoms with Gasteiger partial charge in [-0.1, -0.05) is 49.6 Å². The molecule has 4 nitrogen and oxygen atoms in total. The van der Waals surface area contributed by atoms with Crippen molar-refractivity contribution in [2.75, 3.05) is 30.4 Å². The molecule has 1 aliphatic carbocycles. The predicted molar refractivity (Wildman–Crippen MR) is 117 cm³/mol. The van der Waals surface area contributed by atoms with Crippen molar-refractivity contribution in [3.8, 4) is 5.88 Å². The number of pyridine rings is 1. The average Bonchev–Trinajstić information content (AvgIpc) is 3.50. The van der Waals surface area contributed by atoms with Crippen LogP contribution in [-0.4, -0.2) is 31.2 Å². The summed E-state index contributed by atoms with van der Waals surface area (Å²) in [5.41, 5.74) is 3.09. The van der Waals surface area contributed by atoms with E-state index in [4.69, 9.17) is 4.74 Å². The number of hydrogen-bond donors (Lipinski definition) is 1. The first kappa shape index (κ1) is 21.5. The van der Waals surface area contributed by atoms with Crippen molar-refractivity contribution in [3.05, 3.63) is 72.8 Å². The van der Waals surface area contributed by atoms with Crippen LogP contribution in [0, 0.1) is 5.82 Å². The van der Waals surface area contributed by atoms with Crippen LogP contribution in [0.3, 0.4) is 0 Å². The summed E-state index contributed by atoms with van der Waals surface area (Å²) in [4.78, 5) is 6.08. The van der Waals surface area contributed by atoms with E-state index in [2.05, 4.69) is 23.5 Å². The summed E-state index contributed by atoms with van der Waals surface area (Å²) >= 11 is 0. The van der Waals surface area contributed by atoms with Gasteiger partial charge in [0.2, 0.25) is 5.82 Å². The maximum Gasteiger partial charge on any atom is 0.253 e. The molecule has 1 N–H and O–H groups in total. The molecule has 1 heterocycles. The van der Waals surface area contributed by atoms with E-state index in [9.17, 15) is 0 Å². The number of hydrogen-bond acceptors (Lipinski definition) is 4. The maximum absolute atomic E-state index is 15.3. The second-order valence-corrected chi connectivity index (χ2v) is 6.71. The molecule has 1 saturated carbocycles. The third-order valence-corrected chi connectivity index (χ3v) is 4.39. The lowest BCUT2D eigenvalue weighted by molar-refractivity contribution is 0.275. The van der Waals surface area contributed by atoms with E-state index in [1.807, 2.05) is 50.1 Å². The lowest BCUT2D eigenvalue weighted by Crippen LogP contribution is -2.23. The molecule has 0 unspecified atom stereocenters. The predicted octanol–water partition coefficient (Wildman–Crippen LogP) is 5.43. The molecule has 1 aliphatic rings. The standard InChI is InChI=1S/C23H30FN3O/c1-6-10-17(8-3)14-25-20-15-26-23(28-19-12-13-19)21(24)22(20)27(5)16-18(9-4)11-7-2/h6-11,15,19,25H,1,3,12-14,16H2,2,4-5H3/b11-7-,17-10+,18-9+. The summed E-state index contributed by atoms with van der Waals surface area (Å²) in [6.45, 7) is 12.5. The fraction of sp³-hybridized carbons (Fsp3) is 0.348. The second-order valence-electron chi connectivity index (χ2n) is 6.71. The van der Waals surface area contributed by atoms with Crippen LogP contribution in [0.5, 0.6) is 5.88 Å². The van der Waals surface area contributed by atoms with E-state index in [-0.39, 0.29) is 12.0 Å². The van der Waals surface area contributed by atoms with E-state index in [1.54, 1.807) is 18.3 Å². The minimum atomic E-state index is -0.441. The normalized spacial score (nSPS) is 14.9. The van der Waals surface area contributed by atoms with Crippen molar-refractivity contribution in [1.29, 1.82) is 0 Å². The Hall–Kier alpha value is -2.82. The van der Waals surface area contributed by atoms with Crippen LogP contribution in [0.4, 0.5) is 15.8 Å². The van der Waals surface area contributed by atoms with Crippen molar-refractivity contribution in [2.24, 2.45) is 0 Å². The van der Waals surface area contributed by atoms with Gasteiger partial charge in [-0.15, -0.1) is 0 Å². The van der Waals surface area contributed by atoms with Gasteiger partial charge in [0.25, 0.3) is 5.88 Å². The lowest BCUT2D eigenvalue weighted by atomic mass is 10.2. The van der Waals surface area contributed by atoms with Gasteiger partial charge in [0.05, 0.1) is 11.9 Å². The molecule has 2 rings (SSSR count). The molecule has 0 amide bonds. The summed E-state index contributed by atoms with van der Waals surface area (Å²) in [5, 5.41) is 3.27. The first-order chi connectivity index (χ1) is 13.5. The molecule has 28 heavy (non-hydrogen) atoms. The van der Waals surface area contributed by atoms with E-state index in [0.717, 1.165) is 24.0 Å². The van der Waals surface area contributed by atoms with Crippen LogP contribution in [-0.2, 0) is 0 Å². The Balaban J connectivity index is 2.34. The smallest absolute Gasteiger partial charge is 0.253 e. The van der Waals surface area contributed by atoms with Crippen LogP contribution in [0.2, 0.25) is 0 Å². The molecule has 1 aromatic rings. The van der Waals surface area contributed by atoms with Crippen LogP contribution in [0.25, 0.3) is 0 Å². The van der Waals surface area contributed by atoms with Gasteiger partial charge < -0.3 is 15.0 Å². The number of nitrogens with zero attached hydrogens (tertiary/aromatic N) is 2. The number of nitrogens with one attached hydrogen (secondary N) is 1. The van der Waals surface area contributed by atoms with Gasteiger partial charge in [0.15, 0.2) is 0 Å². The van der Waals surface area contributed by atoms with Crippen LogP contribution in [0.15, 0.2) is 67.0 Å². The highest BCUT2D eigenvalue weighted by molar-refractivity contribution is 5.72. The van der Waals surface area contributed by atoms with Gasteiger partial charge >= 0.3 is 0 Å². The maximum atomic E-state index is 15.3. The van der Waals surface area contributed by atoms with Crippen molar-refractivity contribution < 1.29 is 9.13 Å². The molecule has 0 atom stereocenters. The molecular weight excluding hydrogens is 353 g/mol. The quantitative estimate of drug-likeness (QED) is 0.517. The third-order valence-electron chi connectivity index (χ3n) is 4.39. The molecule has 1 aromatic heterocycles. The summed E-state index contributed by atoms with van der Waals surface area (Å²) in [6.07, 6.45) is 14.9. The Kier molecular flexibility index (Phi) is 8.05. The van der Waals surface area contributed by atoms with Crippen LogP contribution < -0.4 is 15.0 Å². The van der Waals surface area contributed by atoms with Crippen LogP contribution >= 0.6 is 0 Å². The van der Waals surface area contributed by atoms with E-state index in [1.165, 1.54) is 0 Å². The molecule has 0 radical (unpaired) electrons. The molecule has 0 aliphatic heterocycles. The summed E-state index contributed by atoms with van der Waals surface area (Å²) in [6, 6.07) is 0. The highest BCUT2D eigenvalue weighted by atomic mass is 19.1. The summed E-state index contributed by atoms with van der Waals surface area (Å²) in [7, 11) is 1.87. The number of allylic oxidation sites excluding steroid dienone is 4. The highest BCUT2D eigenvalue weighted by Gasteiger charge is 2.28. The molecule has 0 spiro atoms. The van der Waals surface area contributed by atoms with Crippen molar-refractivity contribution >= 4 is 11.4 Å². The first-order valence-corrected chi connectivity index (χ1v) is 9.56. The number of aromatic nitrogens is 1. The average molecular weight is 384 g/mol. The van der Waals surface area contributed by atoms with Gasteiger partial charge in [-0.05, 0) is 37.8 Å². The second kappa shape index (κ2) is 10.5. The van der Waals surface area contributed by atoms with E-state index >= 15 is 4.39 Å². The number of halogens is 1. The fourth-order valence-electron chi connectivity index (χ4n) is 2.74. The minimum absolute atomic E-state index is 0.0635. The van der Waals surface area contributed by atoms with Crippen molar-refractivity contribution in [3.63, 3.8) is 0 Å². The molecule has 5 heteroatoms. The van der Waals surface area contributed by atoms with Gasteiger partial charge in [-0.2, -0.15) is 4.39 Å². The Labute approximate surface area is 167 Å². The SMILES string of the molecule is C=C/C=C(\C=C)CNc1cnc(OC2CC2)c(F)c1N(C)CC(/C=C\C)=C/C. The molecular formula is C23H30FN3O. The van der Waals surface area contributed by atoms with Gasteiger partial charge in [-0.3, -0.25) is 0 Å². The Morgan fingerprint density at radius 3 is 2.68 bits per heavy atom. The number of ether oxygens (including phenoxy) is 1. The zero-order valence-electron chi connectivity index (χ0n) is 17.0. The summed E-state index contributed by atoms with van der Waals surface area (Å²) in [5.74, 6) is -0.378. The fourth-order valence-corrected chi connectivity index (χ4v) is 2.74. The minimum Gasteiger partial charge on any atom is -0.472 e. The monoisotopic (exact) mass is 383 g/mol. The largest absolute Gasteiger partial charge is 0.472 e. The van der Waals surface area contributed by atoms with Gasteiger partial charge in [0, 0.05) is 20.1 Å². The molecule has 1 fully saturated rings. The van der Waals surface area contributed by atoms with Gasteiger partial charge in [0.1, 0.15) is 11.8 Å². The summed E-state index contributed by atoms with van der Waals surface area (Å²) < 4.78 is 21.0. The Morgan fingerprint density at radius 2 is 2.11 bits per heavy atom. The van der Waals surface area contributed by atoms with Gasteiger partial charge in [-0.25, -0.2) is 4.98 Å². The topological polar surface area (TPSA) is 37.4 Å². The number of anilines is 2. The van der Waals surface area contributed by atoms with E-state index < -0.39 is 5.82 Å².